The second kappa shape index (κ2) is 6.96. The van der Waals surface area contributed by atoms with Crippen LogP contribution >= 0.6 is 12.2 Å². The molecule has 0 aliphatic carbocycles. The summed E-state index contributed by atoms with van der Waals surface area (Å²) in [5, 5.41) is 7.43. The van der Waals surface area contributed by atoms with Crippen molar-refractivity contribution in [2.45, 2.75) is 26.7 Å². The summed E-state index contributed by atoms with van der Waals surface area (Å²) in [6.07, 6.45) is 1.99. The van der Waals surface area contributed by atoms with E-state index in [4.69, 9.17) is 12.2 Å². The third-order valence-electron chi connectivity index (χ3n) is 2.06. The van der Waals surface area contributed by atoms with Crippen LogP contribution in [0.4, 0.5) is 10.1 Å². The molecule has 1 aromatic rings. The third kappa shape index (κ3) is 5.40. The lowest BCUT2D eigenvalue weighted by Crippen LogP contribution is -2.24. The van der Waals surface area contributed by atoms with E-state index in [0.717, 1.165) is 24.2 Å². The maximum atomic E-state index is 12.7. The van der Waals surface area contributed by atoms with Gasteiger partial charge in [0.05, 0.1) is 0 Å². The van der Waals surface area contributed by atoms with E-state index in [1.165, 1.54) is 12.1 Å². The van der Waals surface area contributed by atoms with Crippen LogP contribution in [0.15, 0.2) is 29.4 Å². The first-order valence-electron chi connectivity index (χ1n) is 5.47. The van der Waals surface area contributed by atoms with E-state index >= 15 is 0 Å². The predicted molar refractivity (Wildman–Crippen MR) is 73.8 cm³/mol. The van der Waals surface area contributed by atoms with E-state index in [1.54, 1.807) is 12.1 Å². The summed E-state index contributed by atoms with van der Waals surface area (Å²) in [4.78, 5) is 0. The summed E-state index contributed by atoms with van der Waals surface area (Å²) in [7, 11) is 0. The molecule has 0 aromatic heterocycles. The van der Waals surface area contributed by atoms with Crippen LogP contribution in [-0.2, 0) is 0 Å². The summed E-state index contributed by atoms with van der Waals surface area (Å²) in [5.41, 5.74) is 4.47. The van der Waals surface area contributed by atoms with Crippen molar-refractivity contribution in [1.29, 1.82) is 0 Å². The summed E-state index contributed by atoms with van der Waals surface area (Å²) in [6.45, 7) is 4.03. The molecule has 1 rings (SSSR count). The number of nitrogens with one attached hydrogen (secondary N) is 2. The van der Waals surface area contributed by atoms with Gasteiger partial charge in [-0.1, -0.05) is 13.3 Å². The Hall–Kier alpha value is -1.49. The van der Waals surface area contributed by atoms with Crippen LogP contribution in [0.3, 0.4) is 0 Å². The molecule has 5 heteroatoms. The maximum Gasteiger partial charge on any atom is 0.191 e. The molecular weight excluding hydrogens is 237 g/mol. The first-order valence-corrected chi connectivity index (χ1v) is 5.88. The van der Waals surface area contributed by atoms with Crippen LogP contribution in [0.25, 0.3) is 0 Å². The maximum absolute atomic E-state index is 12.7. The average Bonchev–Trinajstić information content (AvgIpc) is 2.30. The minimum Gasteiger partial charge on any atom is -0.331 e. The van der Waals surface area contributed by atoms with Gasteiger partial charge in [0.2, 0.25) is 0 Å². The van der Waals surface area contributed by atoms with E-state index in [9.17, 15) is 4.39 Å². The molecule has 0 fully saturated rings. The zero-order chi connectivity index (χ0) is 12.7. The van der Waals surface area contributed by atoms with Gasteiger partial charge >= 0.3 is 0 Å². The fourth-order valence-electron chi connectivity index (χ4n) is 1.26. The Bertz CT molecular complexity index is 401. The van der Waals surface area contributed by atoms with Crippen molar-refractivity contribution in [3.8, 4) is 0 Å². The van der Waals surface area contributed by atoms with Gasteiger partial charge in [0.15, 0.2) is 5.11 Å². The highest BCUT2D eigenvalue weighted by Gasteiger charge is 1.97. The molecule has 92 valence electrons. The van der Waals surface area contributed by atoms with Crippen LogP contribution in [0, 0.1) is 5.82 Å². The van der Waals surface area contributed by atoms with Gasteiger partial charge in [0.1, 0.15) is 5.82 Å². The second-order valence-corrected chi connectivity index (χ2v) is 4.08. The highest BCUT2D eigenvalue weighted by atomic mass is 32.1. The van der Waals surface area contributed by atoms with Gasteiger partial charge in [-0.2, -0.15) is 5.10 Å². The zero-order valence-electron chi connectivity index (χ0n) is 9.96. The molecule has 0 saturated carbocycles. The summed E-state index contributed by atoms with van der Waals surface area (Å²) < 4.78 is 12.7. The molecule has 0 amide bonds. The molecule has 3 nitrogen and oxygen atoms in total. The SMILES string of the molecule is CCC/C(C)=N\NC(=S)Nc1ccc(F)cc1. The first kappa shape index (κ1) is 13.6. The lowest BCUT2D eigenvalue weighted by Gasteiger charge is -2.07. The fourth-order valence-corrected chi connectivity index (χ4v) is 1.42. The van der Waals surface area contributed by atoms with E-state index in [-0.39, 0.29) is 5.82 Å². The van der Waals surface area contributed by atoms with Gasteiger partial charge in [-0.3, -0.25) is 5.43 Å². The number of halogens is 1. The lowest BCUT2D eigenvalue weighted by atomic mass is 10.2. The Morgan fingerprint density at radius 2 is 2.00 bits per heavy atom. The number of nitrogens with zero attached hydrogens (tertiary/aromatic N) is 1. The number of rotatable bonds is 4. The van der Waals surface area contributed by atoms with E-state index < -0.39 is 0 Å². The quantitative estimate of drug-likeness (QED) is 0.491. The van der Waals surface area contributed by atoms with Gasteiger partial charge in [-0.25, -0.2) is 4.39 Å². The van der Waals surface area contributed by atoms with E-state index in [2.05, 4.69) is 22.8 Å². The molecule has 17 heavy (non-hydrogen) atoms. The minimum atomic E-state index is -0.272. The third-order valence-corrected chi connectivity index (χ3v) is 2.26. The van der Waals surface area contributed by atoms with Gasteiger partial charge in [-0.15, -0.1) is 0 Å². The molecule has 0 bridgehead atoms. The monoisotopic (exact) mass is 253 g/mol. The van der Waals surface area contributed by atoms with Crippen molar-refractivity contribution < 1.29 is 4.39 Å². The van der Waals surface area contributed by atoms with Crippen LogP contribution < -0.4 is 10.7 Å². The van der Waals surface area contributed by atoms with Crippen molar-refractivity contribution in [2.75, 3.05) is 5.32 Å². The van der Waals surface area contributed by atoms with E-state index in [0.29, 0.717) is 5.11 Å². The van der Waals surface area contributed by atoms with Crippen molar-refractivity contribution >= 4 is 28.7 Å². The number of benzene rings is 1. The Kier molecular flexibility index (Phi) is 5.56. The van der Waals surface area contributed by atoms with Gasteiger partial charge in [0, 0.05) is 11.4 Å². The molecule has 2 N–H and O–H groups in total. The standard InChI is InChI=1S/C12H16FN3S/c1-3-4-9(2)15-16-12(17)14-11-7-5-10(13)6-8-11/h5-8H,3-4H2,1-2H3,(H2,14,16,17)/b15-9-. The van der Waals surface area contributed by atoms with Crippen molar-refractivity contribution in [3.05, 3.63) is 30.1 Å². The van der Waals surface area contributed by atoms with E-state index in [1.807, 2.05) is 6.92 Å². The van der Waals surface area contributed by atoms with Gasteiger partial charge in [0.25, 0.3) is 0 Å². The molecule has 0 unspecified atom stereocenters. The highest BCUT2D eigenvalue weighted by Crippen LogP contribution is 2.07. The molecule has 0 saturated heterocycles. The largest absolute Gasteiger partial charge is 0.331 e. The first-order chi connectivity index (χ1) is 8.11. The molecular formula is C12H16FN3S. The number of hydrogen-bond acceptors (Lipinski definition) is 2. The van der Waals surface area contributed by atoms with Gasteiger partial charge < -0.3 is 5.32 Å². The van der Waals surface area contributed by atoms with Crippen LogP contribution in [0.2, 0.25) is 0 Å². The topological polar surface area (TPSA) is 36.4 Å². The van der Waals surface area contributed by atoms with Crippen LogP contribution in [-0.4, -0.2) is 10.8 Å². The number of hydrogen-bond donors (Lipinski definition) is 2. The highest BCUT2D eigenvalue weighted by molar-refractivity contribution is 7.80. The van der Waals surface area contributed by atoms with Gasteiger partial charge in [-0.05, 0) is 49.8 Å². The predicted octanol–water partition coefficient (Wildman–Crippen LogP) is 3.29. The Morgan fingerprint density at radius 3 is 2.59 bits per heavy atom. The molecule has 0 aliphatic rings. The Balaban J connectivity index is 2.44. The zero-order valence-corrected chi connectivity index (χ0v) is 10.8. The number of anilines is 1. The fraction of sp³-hybridized carbons (Fsp3) is 0.333. The van der Waals surface area contributed by atoms with Crippen LogP contribution in [0.5, 0.6) is 0 Å². The van der Waals surface area contributed by atoms with Crippen LogP contribution in [0.1, 0.15) is 26.7 Å². The van der Waals surface area contributed by atoms with Crippen molar-refractivity contribution in [2.24, 2.45) is 5.10 Å². The number of hydrazone groups is 1. The van der Waals surface area contributed by atoms with Crippen molar-refractivity contribution in [3.63, 3.8) is 0 Å². The summed E-state index contributed by atoms with van der Waals surface area (Å²) in [5.74, 6) is -0.272. The molecule has 1 aromatic carbocycles. The summed E-state index contributed by atoms with van der Waals surface area (Å²) >= 11 is 5.05. The molecule has 0 aliphatic heterocycles. The Labute approximate surface area is 106 Å². The molecule has 0 radical (unpaired) electrons. The number of thiocarbonyl (C=S) groups is 1. The summed E-state index contributed by atoms with van der Waals surface area (Å²) in [6, 6.07) is 5.98. The smallest absolute Gasteiger partial charge is 0.191 e. The lowest BCUT2D eigenvalue weighted by molar-refractivity contribution is 0.628. The average molecular weight is 253 g/mol. The second-order valence-electron chi connectivity index (χ2n) is 3.67. The molecule has 0 spiro atoms. The van der Waals surface area contributed by atoms with Crippen molar-refractivity contribution in [1.82, 2.24) is 5.43 Å². The molecule has 0 heterocycles. The Morgan fingerprint density at radius 1 is 1.35 bits per heavy atom. The normalized spacial score (nSPS) is 11.1. The minimum absolute atomic E-state index is 0.272. The molecule has 0 atom stereocenters.